The minimum absolute atomic E-state index is 0.174. The fraction of sp³-hybridized carbons (Fsp3) is 0.917. The van der Waals surface area contributed by atoms with Crippen LogP contribution in [0.15, 0.2) is 0 Å². The topological polar surface area (TPSA) is 44.4 Å². The second-order valence-electron chi connectivity index (χ2n) is 5.15. The molecule has 0 saturated carbocycles. The predicted octanol–water partition coefficient (Wildman–Crippen LogP) is 0.442. The summed E-state index contributed by atoms with van der Waals surface area (Å²) < 4.78 is 0. The zero-order chi connectivity index (χ0) is 12.0. The van der Waals surface area contributed by atoms with Crippen molar-refractivity contribution in [3.8, 4) is 0 Å². The normalized spacial score (nSPS) is 22.4. The minimum atomic E-state index is 0.174. The van der Waals surface area contributed by atoms with Crippen molar-refractivity contribution < 1.29 is 4.79 Å². The molecule has 1 saturated heterocycles. The Labute approximate surface area is 98.8 Å². The first-order chi connectivity index (χ1) is 7.58. The molecular formula is C12H25N3O. The van der Waals surface area contributed by atoms with Gasteiger partial charge in [-0.25, -0.2) is 0 Å². The van der Waals surface area contributed by atoms with Gasteiger partial charge in [0.1, 0.15) is 0 Å². The van der Waals surface area contributed by atoms with Crippen LogP contribution in [0.4, 0.5) is 0 Å². The molecular weight excluding hydrogens is 202 g/mol. The number of hydrogen-bond acceptors (Lipinski definition) is 3. The van der Waals surface area contributed by atoms with Crippen molar-refractivity contribution >= 4 is 5.91 Å². The predicted molar refractivity (Wildman–Crippen MR) is 66.4 cm³/mol. The van der Waals surface area contributed by atoms with Crippen LogP contribution >= 0.6 is 0 Å². The largest absolute Gasteiger partial charge is 0.356 e. The summed E-state index contributed by atoms with van der Waals surface area (Å²) in [6.07, 6.45) is 1.66. The summed E-state index contributed by atoms with van der Waals surface area (Å²) in [5.74, 6) is 0.827. The summed E-state index contributed by atoms with van der Waals surface area (Å²) in [5, 5.41) is 6.36. The van der Waals surface area contributed by atoms with Crippen LogP contribution in [0.5, 0.6) is 0 Å². The monoisotopic (exact) mass is 227 g/mol. The second kappa shape index (κ2) is 6.86. The Morgan fingerprint density at radius 3 is 2.94 bits per heavy atom. The van der Waals surface area contributed by atoms with Crippen LogP contribution in [0.2, 0.25) is 0 Å². The fourth-order valence-corrected chi connectivity index (χ4v) is 1.92. The van der Waals surface area contributed by atoms with Crippen molar-refractivity contribution in [2.75, 3.05) is 33.2 Å². The first-order valence-electron chi connectivity index (χ1n) is 6.26. The van der Waals surface area contributed by atoms with E-state index in [4.69, 9.17) is 0 Å². The molecule has 94 valence electrons. The van der Waals surface area contributed by atoms with E-state index in [0.29, 0.717) is 18.4 Å². The van der Waals surface area contributed by atoms with E-state index in [9.17, 15) is 4.79 Å². The minimum Gasteiger partial charge on any atom is -0.356 e. The van der Waals surface area contributed by atoms with Crippen LogP contribution in [-0.2, 0) is 4.79 Å². The Bertz CT molecular complexity index is 218. The molecule has 1 heterocycles. The number of nitrogens with zero attached hydrogens (tertiary/aromatic N) is 1. The lowest BCUT2D eigenvalue weighted by Gasteiger charge is -2.30. The zero-order valence-electron chi connectivity index (χ0n) is 10.8. The third-order valence-electron chi connectivity index (χ3n) is 2.93. The average Bonchev–Trinajstić information content (AvgIpc) is 2.16. The molecule has 16 heavy (non-hydrogen) atoms. The number of carbonyl (C=O) groups is 1. The molecule has 0 aliphatic carbocycles. The standard InChI is InChI=1S/C12H25N3O/c1-10(2)4-5-14-12(16)8-11-9-15(3)7-6-13-11/h10-11,13H,4-9H2,1-3H3,(H,14,16). The van der Waals surface area contributed by atoms with Crippen molar-refractivity contribution in [1.82, 2.24) is 15.5 Å². The molecule has 1 unspecified atom stereocenters. The highest BCUT2D eigenvalue weighted by Crippen LogP contribution is 2.01. The van der Waals surface area contributed by atoms with Crippen molar-refractivity contribution in [2.45, 2.75) is 32.7 Å². The number of nitrogens with one attached hydrogen (secondary N) is 2. The van der Waals surface area contributed by atoms with Crippen LogP contribution in [0.1, 0.15) is 26.7 Å². The molecule has 0 aromatic heterocycles. The molecule has 1 atom stereocenters. The van der Waals surface area contributed by atoms with Crippen LogP contribution in [0.3, 0.4) is 0 Å². The molecule has 0 radical (unpaired) electrons. The molecule has 1 rings (SSSR count). The van der Waals surface area contributed by atoms with Crippen molar-refractivity contribution in [1.29, 1.82) is 0 Å². The molecule has 0 aromatic carbocycles. The molecule has 1 aliphatic heterocycles. The van der Waals surface area contributed by atoms with Crippen molar-refractivity contribution in [3.63, 3.8) is 0 Å². The molecule has 1 amide bonds. The first-order valence-corrected chi connectivity index (χ1v) is 6.26. The molecule has 4 nitrogen and oxygen atoms in total. The molecule has 2 N–H and O–H groups in total. The molecule has 0 aromatic rings. The van der Waals surface area contributed by atoms with Gasteiger partial charge in [-0.05, 0) is 19.4 Å². The van der Waals surface area contributed by atoms with Gasteiger partial charge in [0.25, 0.3) is 0 Å². The van der Waals surface area contributed by atoms with E-state index in [1.54, 1.807) is 0 Å². The van der Waals surface area contributed by atoms with Gasteiger partial charge in [-0.15, -0.1) is 0 Å². The average molecular weight is 227 g/mol. The number of likely N-dealkylation sites (N-methyl/N-ethyl adjacent to an activating group) is 1. The molecule has 4 heteroatoms. The molecule has 1 aliphatic rings. The van der Waals surface area contributed by atoms with Gasteiger partial charge in [0, 0.05) is 38.6 Å². The summed E-state index contributed by atoms with van der Waals surface area (Å²) in [5.41, 5.74) is 0. The van der Waals surface area contributed by atoms with Crippen molar-refractivity contribution in [2.24, 2.45) is 5.92 Å². The second-order valence-corrected chi connectivity index (χ2v) is 5.15. The third-order valence-corrected chi connectivity index (χ3v) is 2.93. The lowest BCUT2D eigenvalue weighted by Crippen LogP contribution is -2.50. The van der Waals surface area contributed by atoms with Gasteiger partial charge in [-0.1, -0.05) is 13.8 Å². The SMILES string of the molecule is CC(C)CCNC(=O)CC1CN(C)CCN1. The molecule has 1 fully saturated rings. The Morgan fingerprint density at radius 1 is 1.56 bits per heavy atom. The van der Waals surface area contributed by atoms with Gasteiger partial charge in [-0.3, -0.25) is 4.79 Å². The van der Waals surface area contributed by atoms with E-state index in [1.807, 2.05) is 0 Å². The van der Waals surface area contributed by atoms with Gasteiger partial charge in [-0.2, -0.15) is 0 Å². The summed E-state index contributed by atoms with van der Waals surface area (Å²) in [7, 11) is 2.10. The van der Waals surface area contributed by atoms with Crippen LogP contribution in [-0.4, -0.2) is 50.1 Å². The summed E-state index contributed by atoms with van der Waals surface area (Å²) in [6, 6.07) is 0.317. The quantitative estimate of drug-likeness (QED) is 0.716. The first kappa shape index (κ1) is 13.5. The smallest absolute Gasteiger partial charge is 0.221 e. The summed E-state index contributed by atoms with van der Waals surface area (Å²) in [6.45, 7) is 8.18. The Morgan fingerprint density at radius 2 is 2.31 bits per heavy atom. The fourth-order valence-electron chi connectivity index (χ4n) is 1.92. The van der Waals surface area contributed by atoms with Gasteiger partial charge < -0.3 is 15.5 Å². The summed E-state index contributed by atoms with van der Waals surface area (Å²) >= 11 is 0. The highest BCUT2D eigenvalue weighted by molar-refractivity contribution is 5.76. The highest BCUT2D eigenvalue weighted by atomic mass is 16.1. The number of piperazine rings is 1. The van der Waals surface area contributed by atoms with E-state index in [-0.39, 0.29) is 5.91 Å². The van der Waals surface area contributed by atoms with E-state index in [0.717, 1.165) is 32.6 Å². The Balaban J connectivity index is 2.13. The van der Waals surface area contributed by atoms with Crippen molar-refractivity contribution in [3.05, 3.63) is 0 Å². The summed E-state index contributed by atoms with van der Waals surface area (Å²) in [4.78, 5) is 13.9. The zero-order valence-corrected chi connectivity index (χ0v) is 10.8. The number of rotatable bonds is 5. The number of hydrogen-bond donors (Lipinski definition) is 2. The maximum Gasteiger partial charge on any atom is 0.221 e. The van der Waals surface area contributed by atoms with E-state index in [2.05, 4.69) is 36.4 Å². The highest BCUT2D eigenvalue weighted by Gasteiger charge is 2.18. The Hall–Kier alpha value is -0.610. The van der Waals surface area contributed by atoms with E-state index >= 15 is 0 Å². The van der Waals surface area contributed by atoms with Crippen LogP contribution in [0, 0.1) is 5.92 Å². The molecule has 0 bridgehead atoms. The number of carbonyl (C=O) groups excluding carboxylic acids is 1. The maximum absolute atomic E-state index is 11.6. The lowest BCUT2D eigenvalue weighted by molar-refractivity contribution is -0.121. The van der Waals surface area contributed by atoms with Crippen LogP contribution < -0.4 is 10.6 Å². The Kier molecular flexibility index (Phi) is 5.77. The van der Waals surface area contributed by atoms with Gasteiger partial charge in [0.2, 0.25) is 5.91 Å². The van der Waals surface area contributed by atoms with E-state index < -0.39 is 0 Å². The van der Waals surface area contributed by atoms with E-state index in [1.165, 1.54) is 0 Å². The lowest BCUT2D eigenvalue weighted by atomic mass is 10.1. The van der Waals surface area contributed by atoms with Crippen LogP contribution in [0.25, 0.3) is 0 Å². The van der Waals surface area contributed by atoms with Gasteiger partial charge in [0.15, 0.2) is 0 Å². The van der Waals surface area contributed by atoms with Gasteiger partial charge >= 0.3 is 0 Å². The third kappa shape index (κ3) is 5.47. The van der Waals surface area contributed by atoms with Gasteiger partial charge in [0.05, 0.1) is 0 Å². The number of amides is 1. The molecule has 0 spiro atoms. The maximum atomic E-state index is 11.6.